The van der Waals surface area contributed by atoms with Crippen molar-refractivity contribution in [1.82, 2.24) is 5.32 Å². The maximum Gasteiger partial charge on any atom is 0.240 e. The van der Waals surface area contributed by atoms with Gasteiger partial charge < -0.3 is 15.3 Å². The molecule has 1 heterocycles. The zero-order chi connectivity index (χ0) is 13.7. The number of aliphatic hydroxyl groups is 1. The minimum absolute atomic E-state index is 0.0176. The second-order valence-corrected chi connectivity index (χ2v) is 4.54. The topological polar surface area (TPSA) is 69.6 Å². The summed E-state index contributed by atoms with van der Waals surface area (Å²) in [5.74, 6) is -0.213. The average molecular weight is 262 g/mol. The number of hydrogen-bond donors (Lipinski definition) is 2. The van der Waals surface area contributed by atoms with Crippen LogP contribution in [0.4, 0.5) is 5.69 Å². The molecule has 102 valence electrons. The smallest absolute Gasteiger partial charge is 0.240 e. The Balaban J connectivity index is 2.03. The highest BCUT2D eigenvalue weighted by atomic mass is 16.3. The van der Waals surface area contributed by atoms with Crippen LogP contribution in [0.5, 0.6) is 0 Å². The number of nitrogens with one attached hydrogen (secondary N) is 1. The van der Waals surface area contributed by atoms with Crippen molar-refractivity contribution in [2.45, 2.75) is 19.3 Å². The Hall–Kier alpha value is -1.88. The lowest BCUT2D eigenvalue weighted by atomic mass is 10.0. The summed E-state index contributed by atoms with van der Waals surface area (Å²) in [4.78, 5) is 25.2. The monoisotopic (exact) mass is 262 g/mol. The minimum atomic E-state index is -0.196. The van der Waals surface area contributed by atoms with E-state index < -0.39 is 0 Å². The molecule has 0 radical (unpaired) electrons. The number of rotatable bonds is 5. The van der Waals surface area contributed by atoms with E-state index in [1.165, 1.54) is 4.90 Å². The van der Waals surface area contributed by atoms with Gasteiger partial charge in [0.05, 0.1) is 0 Å². The quantitative estimate of drug-likeness (QED) is 0.758. The lowest BCUT2D eigenvalue weighted by molar-refractivity contribution is -0.124. The fourth-order valence-corrected chi connectivity index (χ4v) is 2.18. The Labute approximate surface area is 112 Å². The van der Waals surface area contributed by atoms with Crippen LogP contribution in [0, 0.1) is 0 Å². The van der Waals surface area contributed by atoms with E-state index in [-0.39, 0.29) is 25.0 Å². The minimum Gasteiger partial charge on any atom is -0.396 e. The molecule has 2 amide bonds. The van der Waals surface area contributed by atoms with Crippen molar-refractivity contribution >= 4 is 17.5 Å². The van der Waals surface area contributed by atoms with Gasteiger partial charge in [-0.15, -0.1) is 0 Å². The summed E-state index contributed by atoms with van der Waals surface area (Å²) in [5, 5.41) is 11.3. The summed E-state index contributed by atoms with van der Waals surface area (Å²) >= 11 is 0. The van der Waals surface area contributed by atoms with E-state index in [1.807, 2.05) is 24.3 Å². The van der Waals surface area contributed by atoms with Crippen LogP contribution in [0.2, 0.25) is 0 Å². The largest absolute Gasteiger partial charge is 0.396 e. The summed E-state index contributed by atoms with van der Waals surface area (Å²) in [7, 11) is 0. The second kappa shape index (κ2) is 6.33. The molecule has 0 spiro atoms. The Morgan fingerprint density at radius 3 is 2.89 bits per heavy atom. The SMILES string of the molecule is O=C(CN1C(=O)CCc2ccccc21)NCCCO. The number of hydrogen-bond acceptors (Lipinski definition) is 3. The van der Waals surface area contributed by atoms with Gasteiger partial charge in [0.1, 0.15) is 6.54 Å². The maximum atomic E-state index is 11.9. The molecule has 0 fully saturated rings. The first-order valence-electron chi connectivity index (χ1n) is 6.48. The van der Waals surface area contributed by atoms with Crippen molar-refractivity contribution < 1.29 is 14.7 Å². The van der Waals surface area contributed by atoms with Crippen LogP contribution in [0.1, 0.15) is 18.4 Å². The normalized spacial score (nSPS) is 14.2. The third kappa shape index (κ3) is 3.32. The fourth-order valence-electron chi connectivity index (χ4n) is 2.18. The Morgan fingerprint density at radius 2 is 2.11 bits per heavy atom. The first-order chi connectivity index (χ1) is 9.22. The van der Waals surface area contributed by atoms with Crippen molar-refractivity contribution in [2.24, 2.45) is 0 Å². The number of carbonyl (C=O) groups excluding carboxylic acids is 2. The maximum absolute atomic E-state index is 11.9. The van der Waals surface area contributed by atoms with Gasteiger partial charge in [-0.3, -0.25) is 9.59 Å². The highest BCUT2D eigenvalue weighted by molar-refractivity contribution is 6.00. The molecule has 0 aromatic heterocycles. The van der Waals surface area contributed by atoms with Crippen molar-refractivity contribution in [3.63, 3.8) is 0 Å². The number of para-hydroxylation sites is 1. The molecule has 1 aliphatic heterocycles. The predicted molar refractivity (Wildman–Crippen MR) is 71.8 cm³/mol. The molecule has 1 aromatic rings. The van der Waals surface area contributed by atoms with Crippen LogP contribution in [0.25, 0.3) is 0 Å². The van der Waals surface area contributed by atoms with Crippen LogP contribution in [-0.4, -0.2) is 36.6 Å². The molecule has 1 aromatic carbocycles. The summed E-state index contributed by atoms with van der Waals surface area (Å²) in [5.41, 5.74) is 1.93. The van der Waals surface area contributed by atoms with Gasteiger partial charge in [0, 0.05) is 25.3 Å². The number of aryl methyl sites for hydroxylation is 1. The summed E-state index contributed by atoms with van der Waals surface area (Å²) in [6.45, 7) is 0.520. The van der Waals surface area contributed by atoms with Crippen molar-refractivity contribution in [3.8, 4) is 0 Å². The molecular weight excluding hydrogens is 244 g/mol. The summed E-state index contributed by atoms with van der Waals surface area (Å²) in [6.07, 6.45) is 1.70. The molecule has 2 N–H and O–H groups in total. The third-order valence-corrected chi connectivity index (χ3v) is 3.15. The van der Waals surface area contributed by atoms with Crippen molar-refractivity contribution in [1.29, 1.82) is 0 Å². The fraction of sp³-hybridized carbons (Fsp3) is 0.429. The molecule has 0 atom stereocenters. The number of amides is 2. The highest BCUT2D eigenvalue weighted by Crippen LogP contribution is 2.26. The van der Waals surface area contributed by atoms with E-state index in [0.29, 0.717) is 19.4 Å². The zero-order valence-corrected chi connectivity index (χ0v) is 10.8. The second-order valence-electron chi connectivity index (χ2n) is 4.54. The van der Waals surface area contributed by atoms with E-state index in [4.69, 9.17) is 5.11 Å². The van der Waals surface area contributed by atoms with Crippen LogP contribution >= 0.6 is 0 Å². The first kappa shape index (κ1) is 13.5. The van der Waals surface area contributed by atoms with Gasteiger partial charge >= 0.3 is 0 Å². The molecule has 0 saturated heterocycles. The third-order valence-electron chi connectivity index (χ3n) is 3.15. The van der Waals surface area contributed by atoms with Gasteiger partial charge in [0.25, 0.3) is 0 Å². The molecule has 1 aliphatic rings. The molecular formula is C14H18N2O3. The number of carbonyl (C=O) groups is 2. The lowest BCUT2D eigenvalue weighted by Crippen LogP contribution is -2.43. The van der Waals surface area contributed by atoms with Gasteiger partial charge in [-0.25, -0.2) is 0 Å². The van der Waals surface area contributed by atoms with Crippen molar-refractivity contribution in [2.75, 3.05) is 24.6 Å². The molecule has 0 aliphatic carbocycles. The predicted octanol–water partition coefficient (Wildman–Crippen LogP) is 0.464. The van der Waals surface area contributed by atoms with Crippen LogP contribution in [0.15, 0.2) is 24.3 Å². The molecule has 0 bridgehead atoms. The van der Waals surface area contributed by atoms with Crippen LogP contribution in [-0.2, 0) is 16.0 Å². The van der Waals surface area contributed by atoms with E-state index in [2.05, 4.69) is 5.32 Å². The molecule has 5 heteroatoms. The van der Waals surface area contributed by atoms with E-state index in [0.717, 1.165) is 17.7 Å². The Kier molecular flexibility index (Phi) is 4.52. The molecule has 5 nitrogen and oxygen atoms in total. The standard InChI is InChI=1S/C14H18N2O3/c17-9-3-8-15-13(18)10-16-12-5-2-1-4-11(12)6-7-14(16)19/h1-2,4-5,17H,3,6-10H2,(H,15,18). The number of benzene rings is 1. The molecule has 2 rings (SSSR count). The average Bonchev–Trinajstić information content (AvgIpc) is 2.42. The first-order valence-corrected chi connectivity index (χ1v) is 6.48. The van der Waals surface area contributed by atoms with Gasteiger partial charge in [0.15, 0.2) is 0 Å². The van der Waals surface area contributed by atoms with Gasteiger partial charge in [-0.05, 0) is 24.5 Å². The van der Waals surface area contributed by atoms with Gasteiger partial charge in [-0.1, -0.05) is 18.2 Å². The number of fused-ring (bicyclic) bond motifs is 1. The van der Waals surface area contributed by atoms with Crippen LogP contribution in [0.3, 0.4) is 0 Å². The van der Waals surface area contributed by atoms with Crippen LogP contribution < -0.4 is 10.2 Å². The molecule has 19 heavy (non-hydrogen) atoms. The van der Waals surface area contributed by atoms with E-state index in [1.54, 1.807) is 0 Å². The van der Waals surface area contributed by atoms with E-state index >= 15 is 0 Å². The lowest BCUT2D eigenvalue weighted by Gasteiger charge is -2.28. The van der Waals surface area contributed by atoms with Gasteiger partial charge in [0.2, 0.25) is 11.8 Å². The number of nitrogens with zero attached hydrogens (tertiary/aromatic N) is 1. The van der Waals surface area contributed by atoms with E-state index in [9.17, 15) is 9.59 Å². The number of anilines is 1. The molecule has 0 unspecified atom stereocenters. The van der Waals surface area contributed by atoms with Gasteiger partial charge in [-0.2, -0.15) is 0 Å². The zero-order valence-electron chi connectivity index (χ0n) is 10.8. The summed E-state index contributed by atoms with van der Waals surface area (Å²) in [6, 6.07) is 7.66. The summed E-state index contributed by atoms with van der Waals surface area (Å²) < 4.78 is 0. The number of aliphatic hydroxyl groups excluding tert-OH is 1. The molecule has 0 saturated carbocycles. The highest BCUT2D eigenvalue weighted by Gasteiger charge is 2.25. The Bertz CT molecular complexity index is 474. The Morgan fingerprint density at radius 1 is 1.32 bits per heavy atom. The van der Waals surface area contributed by atoms with Crippen molar-refractivity contribution in [3.05, 3.63) is 29.8 Å².